The second-order valence-corrected chi connectivity index (χ2v) is 4.61. The van der Waals surface area contributed by atoms with E-state index in [9.17, 15) is 5.11 Å². The Kier molecular flexibility index (Phi) is 2.37. The van der Waals surface area contributed by atoms with Crippen molar-refractivity contribution in [2.45, 2.75) is 0 Å². The molecule has 0 radical (unpaired) electrons. The van der Waals surface area contributed by atoms with E-state index in [1.807, 2.05) is 30.3 Å². The highest BCUT2D eigenvalue weighted by molar-refractivity contribution is 9.10. The molecule has 3 nitrogen and oxygen atoms in total. The van der Waals surface area contributed by atoms with Gasteiger partial charge >= 0.3 is 0 Å². The zero-order chi connectivity index (χ0) is 11.8. The molecule has 2 aromatic carbocycles. The lowest BCUT2D eigenvalue weighted by Gasteiger charge is -2.01. The van der Waals surface area contributed by atoms with E-state index in [0.717, 1.165) is 26.6 Å². The summed E-state index contributed by atoms with van der Waals surface area (Å²) in [6, 6.07) is 13.1. The molecule has 84 valence electrons. The van der Waals surface area contributed by atoms with Gasteiger partial charge in [0.2, 0.25) is 0 Å². The molecule has 4 heteroatoms. The van der Waals surface area contributed by atoms with Gasteiger partial charge in [-0.1, -0.05) is 24.3 Å². The van der Waals surface area contributed by atoms with Crippen LogP contribution in [0.15, 0.2) is 46.9 Å². The Bertz CT molecular complexity index is 691. The van der Waals surface area contributed by atoms with Crippen LogP contribution in [0.5, 0.6) is 5.75 Å². The van der Waals surface area contributed by atoms with Crippen molar-refractivity contribution in [2.24, 2.45) is 0 Å². The number of para-hydroxylation sites is 2. The van der Waals surface area contributed by atoms with E-state index in [1.54, 1.807) is 12.1 Å². The minimum absolute atomic E-state index is 0.248. The first-order valence-electron chi connectivity index (χ1n) is 5.18. The number of benzene rings is 2. The Hall–Kier alpha value is -1.81. The van der Waals surface area contributed by atoms with Gasteiger partial charge < -0.3 is 5.11 Å². The Morgan fingerprint density at radius 2 is 1.88 bits per heavy atom. The van der Waals surface area contributed by atoms with Gasteiger partial charge in [0.1, 0.15) is 11.3 Å². The lowest BCUT2D eigenvalue weighted by molar-refractivity contribution is 0.477. The number of phenols is 1. The van der Waals surface area contributed by atoms with E-state index in [1.165, 1.54) is 0 Å². The van der Waals surface area contributed by atoms with Gasteiger partial charge in [-0.2, -0.15) is 5.10 Å². The minimum atomic E-state index is 0.248. The zero-order valence-corrected chi connectivity index (χ0v) is 10.4. The molecule has 1 heterocycles. The summed E-state index contributed by atoms with van der Waals surface area (Å²) in [7, 11) is 0. The zero-order valence-electron chi connectivity index (χ0n) is 8.81. The molecule has 0 aliphatic carbocycles. The molecule has 0 unspecified atom stereocenters. The molecule has 0 fully saturated rings. The van der Waals surface area contributed by atoms with Crippen LogP contribution < -0.4 is 0 Å². The van der Waals surface area contributed by atoms with Gasteiger partial charge in [0.25, 0.3) is 0 Å². The summed E-state index contributed by atoms with van der Waals surface area (Å²) in [5, 5.41) is 18.1. The molecule has 0 aliphatic heterocycles. The number of halogens is 1. The van der Waals surface area contributed by atoms with Crippen LogP contribution in [0.1, 0.15) is 0 Å². The molecule has 0 bridgehead atoms. The Morgan fingerprint density at radius 3 is 2.71 bits per heavy atom. The fourth-order valence-corrected chi connectivity index (χ4v) is 2.35. The summed E-state index contributed by atoms with van der Waals surface area (Å²) in [6.45, 7) is 0. The Balaban J connectivity index is 2.33. The van der Waals surface area contributed by atoms with Crippen LogP contribution in [0.3, 0.4) is 0 Å². The molecular weight excluding hydrogens is 280 g/mol. The Labute approximate surface area is 106 Å². The number of phenolic OH excluding ortho intramolecular Hbond substituents is 1. The van der Waals surface area contributed by atoms with E-state index in [0.29, 0.717) is 0 Å². The quantitative estimate of drug-likeness (QED) is 0.717. The average Bonchev–Trinajstić information content (AvgIpc) is 2.75. The maximum absolute atomic E-state index is 9.85. The topological polar surface area (TPSA) is 48.9 Å². The number of aromatic hydroxyl groups is 1. The third-order valence-corrected chi connectivity index (χ3v) is 3.35. The third kappa shape index (κ3) is 1.61. The van der Waals surface area contributed by atoms with Crippen LogP contribution in [0.25, 0.3) is 22.2 Å². The van der Waals surface area contributed by atoms with Gasteiger partial charge in [0.15, 0.2) is 0 Å². The standard InChI is InChI=1S/C13H9BrN2O/c14-10-6-3-5-9-12(15-16-13(9)10)8-4-1-2-7-11(8)17/h1-7,17H,(H,15,16). The molecule has 0 aliphatic rings. The first-order chi connectivity index (χ1) is 8.27. The normalized spacial score (nSPS) is 10.9. The summed E-state index contributed by atoms with van der Waals surface area (Å²) in [5.74, 6) is 0.248. The second-order valence-electron chi connectivity index (χ2n) is 3.75. The monoisotopic (exact) mass is 288 g/mol. The predicted octanol–water partition coefficient (Wildman–Crippen LogP) is 3.70. The highest BCUT2D eigenvalue weighted by Gasteiger charge is 2.11. The predicted molar refractivity (Wildman–Crippen MR) is 70.9 cm³/mol. The minimum Gasteiger partial charge on any atom is -0.507 e. The van der Waals surface area contributed by atoms with E-state index < -0.39 is 0 Å². The fourth-order valence-electron chi connectivity index (χ4n) is 1.89. The van der Waals surface area contributed by atoms with Crippen LogP contribution in [0.2, 0.25) is 0 Å². The van der Waals surface area contributed by atoms with Crippen LogP contribution >= 0.6 is 15.9 Å². The van der Waals surface area contributed by atoms with Crippen LogP contribution in [-0.4, -0.2) is 15.3 Å². The maximum Gasteiger partial charge on any atom is 0.124 e. The molecule has 0 amide bonds. The summed E-state index contributed by atoms with van der Waals surface area (Å²) >= 11 is 3.46. The summed E-state index contributed by atoms with van der Waals surface area (Å²) < 4.78 is 0.938. The van der Waals surface area contributed by atoms with Crippen LogP contribution in [0.4, 0.5) is 0 Å². The SMILES string of the molecule is Oc1ccccc1-c1[nH]nc2c(Br)cccc12. The number of H-pyrrole nitrogens is 1. The number of hydrogen-bond acceptors (Lipinski definition) is 2. The summed E-state index contributed by atoms with van der Waals surface area (Å²) in [4.78, 5) is 0. The smallest absolute Gasteiger partial charge is 0.124 e. The van der Waals surface area contributed by atoms with Gasteiger partial charge in [-0.15, -0.1) is 0 Å². The Morgan fingerprint density at radius 1 is 1.06 bits per heavy atom. The molecule has 3 aromatic rings. The van der Waals surface area contributed by atoms with E-state index in [-0.39, 0.29) is 5.75 Å². The van der Waals surface area contributed by atoms with E-state index in [2.05, 4.69) is 26.1 Å². The lowest BCUT2D eigenvalue weighted by atomic mass is 10.1. The van der Waals surface area contributed by atoms with Crippen LogP contribution in [-0.2, 0) is 0 Å². The van der Waals surface area contributed by atoms with Crippen molar-refractivity contribution < 1.29 is 5.11 Å². The number of fused-ring (bicyclic) bond motifs is 1. The number of hydrogen-bond donors (Lipinski definition) is 2. The largest absolute Gasteiger partial charge is 0.507 e. The van der Waals surface area contributed by atoms with Gasteiger partial charge in [0.05, 0.1) is 5.69 Å². The summed E-state index contributed by atoms with van der Waals surface area (Å²) in [5.41, 5.74) is 2.46. The van der Waals surface area contributed by atoms with E-state index >= 15 is 0 Å². The van der Waals surface area contributed by atoms with Crippen molar-refractivity contribution >= 4 is 26.8 Å². The van der Waals surface area contributed by atoms with Gasteiger partial charge in [0, 0.05) is 15.4 Å². The first kappa shape index (κ1) is 10.4. The van der Waals surface area contributed by atoms with Crippen molar-refractivity contribution in [1.29, 1.82) is 0 Å². The molecular formula is C13H9BrN2O. The number of rotatable bonds is 1. The van der Waals surface area contributed by atoms with Crippen molar-refractivity contribution in [3.05, 3.63) is 46.9 Å². The van der Waals surface area contributed by atoms with E-state index in [4.69, 9.17) is 0 Å². The molecule has 1 aromatic heterocycles. The molecule has 3 rings (SSSR count). The van der Waals surface area contributed by atoms with Crippen molar-refractivity contribution in [3.63, 3.8) is 0 Å². The fraction of sp³-hybridized carbons (Fsp3) is 0. The highest BCUT2D eigenvalue weighted by Crippen LogP contribution is 2.34. The highest BCUT2D eigenvalue weighted by atomic mass is 79.9. The second kappa shape index (κ2) is 3.89. The number of aromatic amines is 1. The average molecular weight is 289 g/mol. The van der Waals surface area contributed by atoms with Crippen molar-refractivity contribution in [3.8, 4) is 17.0 Å². The maximum atomic E-state index is 9.85. The lowest BCUT2D eigenvalue weighted by Crippen LogP contribution is -1.79. The van der Waals surface area contributed by atoms with Gasteiger partial charge in [-0.3, -0.25) is 5.10 Å². The summed E-state index contributed by atoms with van der Waals surface area (Å²) in [6.07, 6.45) is 0. The number of aromatic nitrogens is 2. The molecule has 0 atom stereocenters. The van der Waals surface area contributed by atoms with Gasteiger partial charge in [-0.25, -0.2) is 0 Å². The molecule has 0 saturated carbocycles. The first-order valence-corrected chi connectivity index (χ1v) is 5.97. The van der Waals surface area contributed by atoms with Crippen molar-refractivity contribution in [2.75, 3.05) is 0 Å². The third-order valence-electron chi connectivity index (χ3n) is 2.71. The van der Waals surface area contributed by atoms with Crippen LogP contribution in [0, 0.1) is 0 Å². The van der Waals surface area contributed by atoms with Gasteiger partial charge in [-0.05, 0) is 34.1 Å². The molecule has 0 spiro atoms. The number of nitrogens with one attached hydrogen (secondary N) is 1. The number of nitrogens with zero attached hydrogens (tertiary/aromatic N) is 1. The van der Waals surface area contributed by atoms with Crippen molar-refractivity contribution in [1.82, 2.24) is 10.2 Å². The molecule has 2 N–H and O–H groups in total. The molecule has 0 saturated heterocycles. The molecule has 17 heavy (non-hydrogen) atoms.